The first-order valence-electron chi connectivity index (χ1n) is 11.4. The van der Waals surface area contributed by atoms with Crippen LogP contribution >= 0.6 is 0 Å². The summed E-state index contributed by atoms with van der Waals surface area (Å²) in [5, 5.41) is 0. The monoisotopic (exact) mass is 445 g/mol. The predicted molar refractivity (Wildman–Crippen MR) is 128 cm³/mol. The molecule has 33 heavy (non-hydrogen) atoms. The summed E-state index contributed by atoms with van der Waals surface area (Å²) in [6.45, 7) is 9.10. The van der Waals surface area contributed by atoms with Crippen LogP contribution in [0.1, 0.15) is 47.1 Å². The fourth-order valence-corrected chi connectivity index (χ4v) is 4.71. The second-order valence-corrected chi connectivity index (χ2v) is 8.33. The number of hydrogen-bond donors (Lipinski definition) is 0. The van der Waals surface area contributed by atoms with Crippen molar-refractivity contribution in [3.63, 3.8) is 0 Å². The number of ether oxygens (including phenoxy) is 2. The van der Waals surface area contributed by atoms with Crippen molar-refractivity contribution in [2.45, 2.75) is 31.7 Å². The van der Waals surface area contributed by atoms with E-state index in [2.05, 4.69) is 46.4 Å². The van der Waals surface area contributed by atoms with Crippen molar-refractivity contribution in [3.8, 4) is 0 Å². The smallest absolute Gasteiger partial charge is 0.337 e. The molecule has 1 aromatic heterocycles. The summed E-state index contributed by atoms with van der Waals surface area (Å²) >= 11 is 0. The molecule has 1 aliphatic heterocycles. The standard InChI is InChI=1S/C27H31N3O3/c1-4-33-21(2)29-17-14-27(15-18-29,24-8-6-5-7-9-24)26-28-16-19-30(26)20-22-10-12-23(13-11-22)25(31)32-3/h5-13,16,19H,2,4,14-15,17-18,20H2,1,3H3. The van der Waals surface area contributed by atoms with Gasteiger partial charge in [0.1, 0.15) is 5.82 Å². The number of esters is 1. The molecule has 2 aromatic carbocycles. The van der Waals surface area contributed by atoms with Crippen LogP contribution in [-0.4, -0.2) is 47.2 Å². The molecule has 0 unspecified atom stereocenters. The Labute approximate surface area is 195 Å². The van der Waals surface area contributed by atoms with Gasteiger partial charge < -0.3 is 18.9 Å². The van der Waals surface area contributed by atoms with Gasteiger partial charge in [0.2, 0.25) is 0 Å². The van der Waals surface area contributed by atoms with Crippen molar-refractivity contribution in [3.05, 3.63) is 102 Å². The Kier molecular flexibility index (Phi) is 6.82. The summed E-state index contributed by atoms with van der Waals surface area (Å²) in [4.78, 5) is 18.9. The molecule has 0 atom stereocenters. The van der Waals surface area contributed by atoms with Crippen molar-refractivity contribution in [1.29, 1.82) is 0 Å². The molecule has 1 saturated heterocycles. The molecule has 0 amide bonds. The van der Waals surface area contributed by atoms with E-state index in [1.165, 1.54) is 12.7 Å². The average molecular weight is 446 g/mol. The number of benzene rings is 2. The summed E-state index contributed by atoms with van der Waals surface area (Å²) in [6, 6.07) is 18.2. The third kappa shape index (κ3) is 4.65. The molecule has 1 aliphatic rings. The van der Waals surface area contributed by atoms with Crippen LogP contribution in [0, 0.1) is 0 Å². The van der Waals surface area contributed by atoms with Crippen LogP contribution in [0.15, 0.2) is 79.5 Å². The number of rotatable bonds is 8. The van der Waals surface area contributed by atoms with Gasteiger partial charge in [0.25, 0.3) is 0 Å². The van der Waals surface area contributed by atoms with E-state index in [1.54, 1.807) is 0 Å². The number of likely N-dealkylation sites (tertiary alicyclic amines) is 1. The zero-order valence-corrected chi connectivity index (χ0v) is 19.4. The molecule has 0 aliphatic carbocycles. The van der Waals surface area contributed by atoms with Gasteiger partial charge in [-0.25, -0.2) is 9.78 Å². The maximum atomic E-state index is 11.8. The fourth-order valence-electron chi connectivity index (χ4n) is 4.71. The Morgan fingerprint density at radius 3 is 2.42 bits per heavy atom. The van der Waals surface area contributed by atoms with Crippen LogP contribution in [-0.2, 0) is 21.4 Å². The van der Waals surface area contributed by atoms with Crippen molar-refractivity contribution in [2.75, 3.05) is 26.8 Å². The summed E-state index contributed by atoms with van der Waals surface area (Å²) < 4.78 is 12.7. The van der Waals surface area contributed by atoms with Crippen LogP contribution in [0.25, 0.3) is 0 Å². The van der Waals surface area contributed by atoms with Gasteiger partial charge in [-0.2, -0.15) is 0 Å². The van der Waals surface area contributed by atoms with Gasteiger partial charge in [-0.05, 0) is 49.6 Å². The second kappa shape index (κ2) is 9.94. The first-order valence-corrected chi connectivity index (χ1v) is 11.4. The average Bonchev–Trinajstić information content (AvgIpc) is 3.33. The third-order valence-electron chi connectivity index (χ3n) is 6.48. The summed E-state index contributed by atoms with van der Waals surface area (Å²) in [5.74, 6) is 1.48. The lowest BCUT2D eigenvalue weighted by atomic mass is 9.72. The Bertz CT molecular complexity index is 1080. The van der Waals surface area contributed by atoms with Crippen molar-refractivity contribution in [2.24, 2.45) is 0 Å². The maximum absolute atomic E-state index is 11.8. The minimum atomic E-state index is -0.326. The highest BCUT2D eigenvalue weighted by Crippen LogP contribution is 2.41. The van der Waals surface area contributed by atoms with Gasteiger partial charge in [-0.1, -0.05) is 42.5 Å². The Balaban J connectivity index is 1.63. The molecule has 6 nitrogen and oxygen atoms in total. The zero-order valence-electron chi connectivity index (χ0n) is 19.4. The van der Waals surface area contributed by atoms with E-state index < -0.39 is 0 Å². The van der Waals surface area contributed by atoms with Gasteiger partial charge in [-0.15, -0.1) is 0 Å². The normalized spacial score (nSPS) is 15.2. The number of aromatic nitrogens is 2. The minimum absolute atomic E-state index is 0.195. The zero-order chi connectivity index (χ0) is 23.3. The predicted octanol–water partition coefficient (Wildman–Crippen LogP) is 4.61. The summed E-state index contributed by atoms with van der Waals surface area (Å²) in [5.41, 5.74) is 2.74. The molecule has 0 bridgehead atoms. The first kappa shape index (κ1) is 22.6. The molecule has 4 rings (SSSR count). The Hall–Kier alpha value is -3.54. The van der Waals surface area contributed by atoms with Gasteiger partial charge in [0.05, 0.1) is 24.7 Å². The highest BCUT2D eigenvalue weighted by molar-refractivity contribution is 5.89. The van der Waals surface area contributed by atoms with E-state index in [9.17, 15) is 4.79 Å². The molecule has 3 aromatic rings. The van der Waals surface area contributed by atoms with Crippen LogP contribution in [0.3, 0.4) is 0 Å². The summed E-state index contributed by atoms with van der Waals surface area (Å²) in [6.07, 6.45) is 5.76. The van der Waals surface area contributed by atoms with E-state index in [0.717, 1.165) is 43.2 Å². The van der Waals surface area contributed by atoms with Gasteiger partial charge in [0.15, 0.2) is 5.88 Å². The molecular weight excluding hydrogens is 414 g/mol. The van der Waals surface area contributed by atoms with E-state index >= 15 is 0 Å². The largest absolute Gasteiger partial charge is 0.480 e. The van der Waals surface area contributed by atoms with E-state index in [1.807, 2.05) is 43.6 Å². The SMILES string of the molecule is C=C(OCC)N1CCC(c2ccccc2)(c2nccn2Cc2ccc(C(=O)OC)cc2)CC1. The minimum Gasteiger partial charge on any atom is -0.480 e. The number of carbonyl (C=O) groups excluding carboxylic acids is 1. The Morgan fingerprint density at radius 1 is 1.09 bits per heavy atom. The van der Waals surface area contributed by atoms with Crippen molar-refractivity contribution >= 4 is 5.97 Å². The van der Waals surface area contributed by atoms with Gasteiger partial charge in [-0.3, -0.25) is 0 Å². The highest BCUT2D eigenvalue weighted by Gasteiger charge is 2.41. The van der Waals surface area contributed by atoms with Crippen molar-refractivity contribution in [1.82, 2.24) is 14.5 Å². The number of methoxy groups -OCH3 is 1. The third-order valence-corrected chi connectivity index (χ3v) is 6.48. The van der Waals surface area contributed by atoms with E-state index in [0.29, 0.717) is 18.7 Å². The van der Waals surface area contributed by atoms with Crippen molar-refractivity contribution < 1.29 is 14.3 Å². The van der Waals surface area contributed by atoms with Crippen LogP contribution < -0.4 is 0 Å². The van der Waals surface area contributed by atoms with Crippen LogP contribution in [0.4, 0.5) is 0 Å². The molecule has 0 N–H and O–H groups in total. The summed E-state index contributed by atoms with van der Waals surface area (Å²) in [7, 11) is 1.39. The molecule has 1 fully saturated rings. The van der Waals surface area contributed by atoms with Gasteiger partial charge >= 0.3 is 5.97 Å². The molecule has 0 saturated carbocycles. The lowest BCUT2D eigenvalue weighted by Crippen LogP contribution is -2.44. The lowest BCUT2D eigenvalue weighted by molar-refractivity contribution is 0.0600. The molecule has 172 valence electrons. The van der Waals surface area contributed by atoms with E-state index in [-0.39, 0.29) is 11.4 Å². The van der Waals surface area contributed by atoms with E-state index in [4.69, 9.17) is 14.5 Å². The highest BCUT2D eigenvalue weighted by atomic mass is 16.5. The number of carbonyl (C=O) groups is 1. The molecule has 6 heteroatoms. The number of piperidine rings is 1. The quantitative estimate of drug-likeness (QED) is 0.374. The second-order valence-electron chi connectivity index (χ2n) is 8.33. The first-order chi connectivity index (χ1) is 16.1. The Morgan fingerprint density at radius 2 is 1.79 bits per heavy atom. The lowest BCUT2D eigenvalue weighted by Gasteiger charge is -2.43. The topological polar surface area (TPSA) is 56.6 Å². The molecule has 0 spiro atoms. The maximum Gasteiger partial charge on any atom is 0.337 e. The molecule has 2 heterocycles. The number of nitrogens with zero attached hydrogens (tertiary/aromatic N) is 3. The molecular formula is C27H31N3O3. The van der Waals surface area contributed by atoms with Gasteiger partial charge in [0, 0.05) is 32.0 Å². The number of imidazole rings is 1. The van der Waals surface area contributed by atoms with Crippen LogP contribution in [0.5, 0.6) is 0 Å². The fraction of sp³-hybridized carbons (Fsp3) is 0.333. The molecule has 0 radical (unpaired) electrons. The van der Waals surface area contributed by atoms with Crippen LogP contribution in [0.2, 0.25) is 0 Å². The number of hydrogen-bond acceptors (Lipinski definition) is 5.